The Kier molecular flexibility index (Phi) is 8.95. The first-order chi connectivity index (χ1) is 21.0. The molecule has 2 aliphatic rings. The van der Waals surface area contributed by atoms with Gasteiger partial charge in [0.2, 0.25) is 0 Å². The summed E-state index contributed by atoms with van der Waals surface area (Å²) in [6, 6.07) is 23.9. The van der Waals surface area contributed by atoms with Crippen LogP contribution in [0.3, 0.4) is 0 Å². The summed E-state index contributed by atoms with van der Waals surface area (Å²) >= 11 is 5.95. The van der Waals surface area contributed by atoms with Gasteiger partial charge in [-0.05, 0) is 77.4 Å². The summed E-state index contributed by atoms with van der Waals surface area (Å²) in [5.74, 6) is 2.18. The fraction of sp³-hybridized carbons (Fsp3) is 0.344. The lowest BCUT2D eigenvalue weighted by Gasteiger charge is -2.32. The number of hydrogen-bond acceptors (Lipinski definition) is 8. The molecule has 4 aromatic rings. The van der Waals surface area contributed by atoms with Gasteiger partial charge in [-0.15, -0.1) is 0 Å². The van der Waals surface area contributed by atoms with Crippen molar-refractivity contribution in [1.29, 1.82) is 0 Å². The lowest BCUT2D eigenvalue weighted by atomic mass is 10.1. The zero-order chi connectivity index (χ0) is 29.6. The van der Waals surface area contributed by atoms with Gasteiger partial charge >= 0.3 is 11.8 Å². The normalized spacial score (nSPS) is 17.1. The SMILES string of the molecule is O=[N+]([O-])c1cn2c(n1)O[C@H](COc1ccc(OC3CCN(Cc4ccc(OCc5ccc(Cl)cc5)cc4)CC3)cc1)CC2. The number of fused-ring (bicyclic) bond motifs is 1. The van der Waals surface area contributed by atoms with E-state index in [2.05, 4.69) is 22.0 Å². The van der Waals surface area contributed by atoms with Crippen LogP contribution in [0.15, 0.2) is 79.0 Å². The Balaban J connectivity index is 0.896. The molecule has 224 valence electrons. The minimum Gasteiger partial charge on any atom is -0.490 e. The predicted octanol–water partition coefficient (Wildman–Crippen LogP) is 6.30. The summed E-state index contributed by atoms with van der Waals surface area (Å²) in [7, 11) is 0. The van der Waals surface area contributed by atoms with Crippen molar-refractivity contribution in [2.24, 2.45) is 0 Å². The van der Waals surface area contributed by atoms with Crippen LogP contribution in [0, 0.1) is 10.1 Å². The summed E-state index contributed by atoms with van der Waals surface area (Å²) < 4.78 is 25.5. The standard InChI is InChI=1S/C32H33ClN4O6/c33-25-5-1-24(2-6-25)21-40-26-7-3-23(4-8-26)19-35-16-13-29(14-17-35)42-28-11-9-27(10-12-28)41-22-30-15-18-36-20-31(37(38)39)34-32(36)43-30/h1-12,20,29-30H,13-19,21-22H2/t30-/m0/s1. The third-order valence-corrected chi connectivity index (χ3v) is 7.88. The molecule has 1 atom stereocenters. The largest absolute Gasteiger partial charge is 0.490 e. The summed E-state index contributed by atoms with van der Waals surface area (Å²) in [4.78, 5) is 16.8. The lowest BCUT2D eigenvalue weighted by molar-refractivity contribution is -0.389. The van der Waals surface area contributed by atoms with Crippen molar-refractivity contribution in [3.63, 3.8) is 0 Å². The molecule has 0 N–H and O–H groups in total. The van der Waals surface area contributed by atoms with Gasteiger partial charge in [0.1, 0.15) is 48.9 Å². The maximum Gasteiger partial charge on any atom is 0.414 e. The van der Waals surface area contributed by atoms with Gasteiger partial charge < -0.3 is 29.1 Å². The Morgan fingerprint density at radius 2 is 1.51 bits per heavy atom. The van der Waals surface area contributed by atoms with E-state index in [4.69, 9.17) is 30.5 Å². The monoisotopic (exact) mass is 604 g/mol. The number of ether oxygens (including phenoxy) is 4. The molecule has 2 aliphatic heterocycles. The Hall–Kier alpha value is -4.28. The summed E-state index contributed by atoms with van der Waals surface area (Å²) in [5, 5.41) is 11.7. The first-order valence-electron chi connectivity index (χ1n) is 14.4. The fourth-order valence-electron chi connectivity index (χ4n) is 5.21. The van der Waals surface area contributed by atoms with Gasteiger partial charge in [0.15, 0.2) is 0 Å². The van der Waals surface area contributed by atoms with E-state index in [0.717, 1.165) is 54.6 Å². The van der Waals surface area contributed by atoms with Crippen molar-refractivity contribution < 1.29 is 23.9 Å². The number of nitro groups is 1. The minimum atomic E-state index is -0.519. The smallest absolute Gasteiger partial charge is 0.414 e. The molecule has 0 bridgehead atoms. The number of halogens is 1. The van der Waals surface area contributed by atoms with E-state index in [-0.39, 0.29) is 24.0 Å². The first kappa shape index (κ1) is 28.8. The van der Waals surface area contributed by atoms with Gasteiger partial charge in [-0.1, -0.05) is 35.9 Å². The highest BCUT2D eigenvalue weighted by molar-refractivity contribution is 6.30. The molecule has 0 unspecified atom stereocenters. The summed E-state index contributed by atoms with van der Waals surface area (Å²) in [5.41, 5.74) is 2.35. The van der Waals surface area contributed by atoms with Crippen LogP contribution < -0.4 is 18.9 Å². The molecule has 0 spiro atoms. The lowest BCUT2D eigenvalue weighted by Crippen LogP contribution is -2.37. The van der Waals surface area contributed by atoms with Crippen LogP contribution in [0.1, 0.15) is 30.4 Å². The molecular formula is C32H33ClN4O6. The molecule has 0 amide bonds. The molecule has 1 aromatic heterocycles. The van der Waals surface area contributed by atoms with E-state index in [0.29, 0.717) is 31.9 Å². The van der Waals surface area contributed by atoms with E-state index in [1.54, 1.807) is 4.57 Å². The number of benzene rings is 3. The van der Waals surface area contributed by atoms with Crippen LogP contribution in [0.25, 0.3) is 0 Å². The Bertz CT molecular complexity index is 1500. The third kappa shape index (κ3) is 7.77. The average molecular weight is 605 g/mol. The second-order valence-corrected chi connectivity index (χ2v) is 11.2. The van der Waals surface area contributed by atoms with E-state index < -0.39 is 4.92 Å². The van der Waals surface area contributed by atoms with Crippen molar-refractivity contribution in [2.45, 2.75) is 51.2 Å². The molecule has 6 rings (SSSR count). The van der Waals surface area contributed by atoms with Crippen LogP contribution in [-0.4, -0.2) is 51.3 Å². The molecule has 0 radical (unpaired) electrons. The molecule has 11 heteroatoms. The highest BCUT2D eigenvalue weighted by Gasteiger charge is 2.28. The number of aryl methyl sites for hydroxylation is 1. The van der Waals surface area contributed by atoms with Crippen molar-refractivity contribution in [3.05, 3.63) is 105 Å². The average Bonchev–Trinajstić information content (AvgIpc) is 3.46. The van der Waals surface area contributed by atoms with Crippen molar-refractivity contribution in [1.82, 2.24) is 14.5 Å². The van der Waals surface area contributed by atoms with Crippen molar-refractivity contribution >= 4 is 17.4 Å². The van der Waals surface area contributed by atoms with Crippen LogP contribution in [0.2, 0.25) is 5.02 Å². The zero-order valence-electron chi connectivity index (χ0n) is 23.6. The Morgan fingerprint density at radius 1 is 0.860 bits per heavy atom. The van der Waals surface area contributed by atoms with Crippen LogP contribution in [0.5, 0.6) is 23.3 Å². The number of rotatable bonds is 11. The quantitative estimate of drug-likeness (QED) is 0.145. The second kappa shape index (κ2) is 13.4. The Morgan fingerprint density at radius 3 is 2.23 bits per heavy atom. The van der Waals surface area contributed by atoms with Gasteiger partial charge in [0.25, 0.3) is 0 Å². The van der Waals surface area contributed by atoms with Gasteiger partial charge in [0, 0.05) is 42.6 Å². The zero-order valence-corrected chi connectivity index (χ0v) is 24.4. The highest BCUT2D eigenvalue weighted by Crippen LogP contribution is 2.26. The number of likely N-dealkylation sites (tertiary alicyclic amines) is 1. The molecule has 3 heterocycles. The van der Waals surface area contributed by atoms with E-state index >= 15 is 0 Å². The predicted molar refractivity (Wildman–Crippen MR) is 161 cm³/mol. The number of nitrogens with zero attached hydrogens (tertiary/aromatic N) is 4. The number of hydrogen-bond donors (Lipinski definition) is 0. The number of piperidine rings is 1. The van der Waals surface area contributed by atoms with Crippen molar-refractivity contribution in [3.8, 4) is 23.3 Å². The fourth-order valence-corrected chi connectivity index (χ4v) is 5.34. The molecule has 3 aromatic carbocycles. The Labute approximate surface area is 254 Å². The molecule has 1 saturated heterocycles. The number of aromatic nitrogens is 2. The molecular weight excluding hydrogens is 572 g/mol. The molecule has 1 fully saturated rings. The third-order valence-electron chi connectivity index (χ3n) is 7.62. The molecule has 10 nitrogen and oxygen atoms in total. The van der Waals surface area contributed by atoms with E-state index in [1.807, 2.05) is 60.7 Å². The summed E-state index contributed by atoms with van der Waals surface area (Å²) in [6.45, 7) is 4.30. The molecule has 0 saturated carbocycles. The number of imidazole rings is 1. The topological polar surface area (TPSA) is 101 Å². The maximum absolute atomic E-state index is 10.9. The molecule has 0 aliphatic carbocycles. The van der Waals surface area contributed by atoms with Gasteiger partial charge in [-0.3, -0.25) is 9.47 Å². The van der Waals surface area contributed by atoms with Gasteiger partial charge in [-0.2, -0.15) is 0 Å². The van der Waals surface area contributed by atoms with Gasteiger partial charge in [0.05, 0.1) is 0 Å². The van der Waals surface area contributed by atoms with E-state index in [1.165, 1.54) is 11.8 Å². The highest BCUT2D eigenvalue weighted by atomic mass is 35.5. The van der Waals surface area contributed by atoms with Gasteiger partial charge in [-0.25, -0.2) is 0 Å². The summed E-state index contributed by atoms with van der Waals surface area (Å²) in [6.07, 6.45) is 3.97. The first-order valence-corrected chi connectivity index (χ1v) is 14.8. The van der Waals surface area contributed by atoms with Crippen LogP contribution in [0.4, 0.5) is 5.82 Å². The van der Waals surface area contributed by atoms with Crippen LogP contribution >= 0.6 is 11.6 Å². The maximum atomic E-state index is 10.9. The van der Waals surface area contributed by atoms with Crippen molar-refractivity contribution in [2.75, 3.05) is 19.7 Å². The van der Waals surface area contributed by atoms with E-state index in [9.17, 15) is 10.1 Å². The second-order valence-electron chi connectivity index (χ2n) is 10.8. The van der Waals surface area contributed by atoms with Crippen LogP contribution in [-0.2, 0) is 19.7 Å². The minimum absolute atomic E-state index is 0.176. The molecule has 43 heavy (non-hydrogen) atoms.